The summed E-state index contributed by atoms with van der Waals surface area (Å²) < 4.78 is 5.30. The first-order valence-electron chi connectivity index (χ1n) is 4.54. The van der Waals surface area contributed by atoms with Gasteiger partial charge in [0.25, 0.3) is 0 Å². The molecule has 1 heterocycles. The Bertz CT molecular complexity index is 356. The van der Waals surface area contributed by atoms with Gasteiger partial charge in [0, 0.05) is 11.3 Å². The Labute approximate surface area is 87.4 Å². The molecule has 0 N–H and O–H groups in total. The SMILES string of the molecule is COc1cc[c]cc1C[SH]1C=CC=C1. The number of hydrogen-bond acceptors (Lipinski definition) is 1. The summed E-state index contributed by atoms with van der Waals surface area (Å²) in [5.41, 5.74) is 1.25. The van der Waals surface area contributed by atoms with E-state index in [4.69, 9.17) is 4.74 Å². The number of ether oxygens (including phenoxy) is 1. The first-order chi connectivity index (χ1) is 6.90. The fraction of sp³-hybridized carbons (Fsp3) is 0.167. The third-order valence-corrected chi connectivity index (χ3v) is 3.96. The first kappa shape index (κ1) is 9.41. The molecule has 1 aliphatic rings. The van der Waals surface area contributed by atoms with Crippen LogP contribution in [0.5, 0.6) is 5.75 Å². The molecule has 0 fully saturated rings. The van der Waals surface area contributed by atoms with Gasteiger partial charge in [-0.2, -0.15) is 0 Å². The van der Waals surface area contributed by atoms with Crippen LogP contribution in [0.2, 0.25) is 0 Å². The highest BCUT2D eigenvalue weighted by Gasteiger charge is 2.05. The molecule has 0 bridgehead atoms. The van der Waals surface area contributed by atoms with Crippen molar-refractivity contribution in [1.82, 2.24) is 0 Å². The van der Waals surface area contributed by atoms with Crippen LogP contribution in [-0.2, 0) is 5.75 Å². The minimum absolute atomic E-state index is 0.104. The zero-order valence-electron chi connectivity index (χ0n) is 8.10. The van der Waals surface area contributed by atoms with Crippen LogP contribution in [0.1, 0.15) is 5.56 Å². The van der Waals surface area contributed by atoms with Crippen LogP contribution < -0.4 is 4.74 Å². The molecule has 1 aromatic rings. The number of benzene rings is 1. The van der Waals surface area contributed by atoms with Crippen molar-refractivity contribution in [2.24, 2.45) is 0 Å². The molecule has 0 unspecified atom stereocenters. The second-order valence-corrected chi connectivity index (χ2v) is 5.03. The van der Waals surface area contributed by atoms with E-state index < -0.39 is 0 Å². The lowest BCUT2D eigenvalue weighted by Crippen LogP contribution is -1.90. The molecule has 0 saturated heterocycles. The molecule has 73 valence electrons. The zero-order valence-corrected chi connectivity index (χ0v) is 9.00. The van der Waals surface area contributed by atoms with Gasteiger partial charge in [-0.1, -0.05) is 18.2 Å². The topological polar surface area (TPSA) is 9.23 Å². The van der Waals surface area contributed by atoms with E-state index in [-0.39, 0.29) is 10.9 Å². The van der Waals surface area contributed by atoms with Gasteiger partial charge in [-0.05, 0) is 29.0 Å². The maximum Gasteiger partial charge on any atom is 0.122 e. The number of rotatable bonds is 3. The van der Waals surface area contributed by atoms with Crippen molar-refractivity contribution in [1.29, 1.82) is 0 Å². The summed E-state index contributed by atoms with van der Waals surface area (Å²) in [6.07, 6.45) is 4.23. The number of thiol groups is 1. The molecule has 0 aromatic heterocycles. The van der Waals surface area contributed by atoms with Crippen molar-refractivity contribution >= 4 is 10.9 Å². The molecule has 0 atom stereocenters. The molecular formula is C12H13OS. The third-order valence-electron chi connectivity index (χ3n) is 2.14. The van der Waals surface area contributed by atoms with Gasteiger partial charge in [-0.15, -0.1) is 0 Å². The van der Waals surface area contributed by atoms with Crippen LogP contribution in [0.25, 0.3) is 0 Å². The van der Waals surface area contributed by atoms with E-state index in [1.165, 1.54) is 5.56 Å². The molecule has 0 amide bonds. The summed E-state index contributed by atoms with van der Waals surface area (Å²) >= 11 is 0. The van der Waals surface area contributed by atoms with Gasteiger partial charge in [0.05, 0.1) is 7.11 Å². The second-order valence-electron chi connectivity index (χ2n) is 3.09. The molecular weight excluding hydrogens is 192 g/mol. The Morgan fingerprint density at radius 3 is 2.86 bits per heavy atom. The van der Waals surface area contributed by atoms with Crippen molar-refractivity contribution in [3.05, 3.63) is 52.8 Å². The Balaban J connectivity index is 2.15. The van der Waals surface area contributed by atoms with Crippen molar-refractivity contribution in [3.63, 3.8) is 0 Å². The molecule has 2 rings (SSSR count). The van der Waals surface area contributed by atoms with Crippen molar-refractivity contribution in [2.45, 2.75) is 5.75 Å². The molecule has 0 spiro atoms. The van der Waals surface area contributed by atoms with E-state index >= 15 is 0 Å². The Kier molecular flexibility index (Phi) is 2.94. The van der Waals surface area contributed by atoms with E-state index in [0.29, 0.717) is 0 Å². The van der Waals surface area contributed by atoms with Crippen LogP contribution in [0.4, 0.5) is 0 Å². The van der Waals surface area contributed by atoms with E-state index in [2.05, 4.69) is 29.0 Å². The van der Waals surface area contributed by atoms with Crippen LogP contribution in [0.15, 0.2) is 41.2 Å². The smallest absolute Gasteiger partial charge is 0.122 e. The highest BCUT2D eigenvalue weighted by atomic mass is 32.2. The summed E-state index contributed by atoms with van der Waals surface area (Å²) in [5, 5.41) is 4.53. The predicted molar refractivity (Wildman–Crippen MR) is 62.8 cm³/mol. The summed E-state index contributed by atoms with van der Waals surface area (Å²) in [6, 6.07) is 8.96. The molecule has 0 aliphatic carbocycles. The second kappa shape index (κ2) is 4.38. The lowest BCUT2D eigenvalue weighted by atomic mass is 10.2. The first-order valence-corrected chi connectivity index (χ1v) is 6.20. The molecule has 1 nitrogen and oxygen atoms in total. The maximum atomic E-state index is 5.30. The summed E-state index contributed by atoms with van der Waals surface area (Å²) in [6.45, 7) is 0. The average Bonchev–Trinajstić information content (AvgIpc) is 2.71. The molecule has 1 aliphatic heterocycles. The molecule has 1 radical (unpaired) electrons. The Morgan fingerprint density at radius 1 is 1.36 bits per heavy atom. The van der Waals surface area contributed by atoms with Crippen LogP contribution in [-0.4, -0.2) is 7.11 Å². The van der Waals surface area contributed by atoms with Gasteiger partial charge in [0.2, 0.25) is 0 Å². The van der Waals surface area contributed by atoms with E-state index in [9.17, 15) is 0 Å². The minimum atomic E-state index is -0.104. The molecule has 0 saturated carbocycles. The minimum Gasteiger partial charge on any atom is -0.496 e. The van der Waals surface area contributed by atoms with Crippen LogP contribution in [0.3, 0.4) is 0 Å². The van der Waals surface area contributed by atoms with Crippen molar-refractivity contribution in [3.8, 4) is 5.75 Å². The van der Waals surface area contributed by atoms with Crippen molar-refractivity contribution in [2.75, 3.05) is 7.11 Å². The summed E-state index contributed by atoms with van der Waals surface area (Å²) in [7, 11) is 1.61. The maximum absolute atomic E-state index is 5.30. The normalized spacial score (nSPS) is 16.2. The van der Waals surface area contributed by atoms with Crippen molar-refractivity contribution < 1.29 is 4.74 Å². The fourth-order valence-electron chi connectivity index (χ4n) is 1.45. The Hall–Kier alpha value is -1.15. The number of allylic oxidation sites excluding steroid dienone is 2. The molecule has 1 aromatic carbocycles. The number of methoxy groups -OCH3 is 1. The van der Waals surface area contributed by atoms with E-state index in [0.717, 1.165) is 11.5 Å². The quantitative estimate of drug-likeness (QED) is 0.746. The fourth-order valence-corrected chi connectivity index (χ4v) is 3.04. The molecule has 2 heteroatoms. The van der Waals surface area contributed by atoms with Crippen LogP contribution in [0, 0.1) is 6.07 Å². The third kappa shape index (κ3) is 2.02. The standard InChI is InChI=1S/C12H13OS/c1-13-12-7-3-2-6-11(12)10-14-8-4-5-9-14/h3-9,14H,10H2,1H3. The monoisotopic (exact) mass is 205 g/mol. The summed E-state index contributed by atoms with van der Waals surface area (Å²) in [4.78, 5) is 0. The average molecular weight is 205 g/mol. The molecule has 14 heavy (non-hydrogen) atoms. The highest BCUT2D eigenvalue weighted by molar-refractivity contribution is 8.21. The lowest BCUT2D eigenvalue weighted by molar-refractivity contribution is 0.411. The van der Waals surface area contributed by atoms with E-state index in [1.807, 2.05) is 18.2 Å². The highest BCUT2D eigenvalue weighted by Crippen LogP contribution is 2.38. The van der Waals surface area contributed by atoms with Gasteiger partial charge < -0.3 is 4.74 Å². The van der Waals surface area contributed by atoms with Gasteiger partial charge in [-0.25, -0.2) is 10.9 Å². The van der Waals surface area contributed by atoms with E-state index in [1.54, 1.807) is 7.11 Å². The Morgan fingerprint density at radius 2 is 2.14 bits per heavy atom. The van der Waals surface area contributed by atoms with Crippen LogP contribution >= 0.6 is 10.9 Å². The van der Waals surface area contributed by atoms with Gasteiger partial charge in [0.15, 0.2) is 0 Å². The zero-order chi connectivity index (χ0) is 9.80. The van der Waals surface area contributed by atoms with Gasteiger partial charge in [0.1, 0.15) is 5.75 Å². The predicted octanol–water partition coefficient (Wildman–Crippen LogP) is 3.04. The summed E-state index contributed by atoms with van der Waals surface area (Å²) in [5.74, 6) is 2.03. The van der Waals surface area contributed by atoms with Gasteiger partial charge >= 0.3 is 0 Å². The number of hydrogen-bond donors (Lipinski definition) is 1. The largest absolute Gasteiger partial charge is 0.496 e. The lowest BCUT2D eigenvalue weighted by Gasteiger charge is -2.12. The van der Waals surface area contributed by atoms with Gasteiger partial charge in [-0.3, -0.25) is 0 Å².